The van der Waals surface area contributed by atoms with E-state index in [9.17, 15) is 9.18 Å². The zero-order valence-corrected chi connectivity index (χ0v) is 16.8. The average molecular weight is 424 g/mol. The average Bonchev–Trinajstić information content (AvgIpc) is 2.78. The summed E-state index contributed by atoms with van der Waals surface area (Å²) < 4.78 is 32.0. The van der Waals surface area contributed by atoms with E-state index in [4.69, 9.17) is 19.9 Å². The van der Waals surface area contributed by atoms with Crippen LogP contribution in [0, 0.1) is 5.82 Å². The lowest BCUT2D eigenvalue weighted by Crippen LogP contribution is -2.40. The zero-order chi connectivity index (χ0) is 21.8. The number of benzene rings is 2. The molecule has 1 aliphatic heterocycles. The van der Waals surface area contributed by atoms with Crippen LogP contribution in [0.5, 0.6) is 17.2 Å². The summed E-state index contributed by atoms with van der Waals surface area (Å²) in [5.41, 5.74) is 6.30. The van der Waals surface area contributed by atoms with Crippen LogP contribution in [0.4, 0.5) is 16.0 Å². The number of anilines is 2. The van der Waals surface area contributed by atoms with Gasteiger partial charge in [0.15, 0.2) is 11.5 Å². The van der Waals surface area contributed by atoms with Gasteiger partial charge in [-0.05, 0) is 30.7 Å². The summed E-state index contributed by atoms with van der Waals surface area (Å²) in [7, 11) is 0. The van der Waals surface area contributed by atoms with Crippen molar-refractivity contribution in [2.24, 2.45) is 0 Å². The normalized spacial score (nSPS) is 14.7. The molecule has 4 rings (SSSR count). The summed E-state index contributed by atoms with van der Waals surface area (Å²) in [5.74, 6) is 0.302. The number of halogens is 1. The fraction of sp³-hybridized carbons (Fsp3) is 0.227. The molecule has 0 saturated carbocycles. The molecule has 3 N–H and O–H groups in total. The van der Waals surface area contributed by atoms with Crippen LogP contribution in [-0.4, -0.2) is 35.2 Å². The predicted molar refractivity (Wildman–Crippen MR) is 113 cm³/mol. The molecule has 2 heterocycles. The molecule has 31 heavy (non-hydrogen) atoms. The number of hydrogen-bond donors (Lipinski definition) is 2. The van der Waals surface area contributed by atoms with Crippen LogP contribution in [0.15, 0.2) is 48.7 Å². The van der Waals surface area contributed by atoms with Gasteiger partial charge in [-0.25, -0.2) is 14.4 Å². The quantitative estimate of drug-likeness (QED) is 0.624. The molecule has 3 aromatic rings. The predicted octanol–water partition coefficient (Wildman–Crippen LogP) is 3.43. The number of nitrogen functional groups attached to an aromatic ring is 1. The van der Waals surface area contributed by atoms with Gasteiger partial charge in [-0.2, -0.15) is 0 Å². The molecule has 0 bridgehead atoms. The van der Waals surface area contributed by atoms with Crippen LogP contribution in [0.25, 0.3) is 11.3 Å². The Balaban J connectivity index is 1.60. The molecule has 0 aliphatic carbocycles. The lowest BCUT2D eigenvalue weighted by atomic mass is 10.1. The molecule has 0 spiro atoms. The smallest absolute Gasteiger partial charge is 0.269 e. The summed E-state index contributed by atoms with van der Waals surface area (Å²) in [4.78, 5) is 20.7. The van der Waals surface area contributed by atoms with Gasteiger partial charge in [-0.15, -0.1) is 0 Å². The van der Waals surface area contributed by atoms with E-state index in [1.54, 1.807) is 24.3 Å². The van der Waals surface area contributed by atoms with Gasteiger partial charge >= 0.3 is 0 Å². The van der Waals surface area contributed by atoms with Crippen molar-refractivity contribution in [1.82, 2.24) is 9.97 Å². The van der Waals surface area contributed by atoms with Gasteiger partial charge < -0.3 is 25.3 Å². The number of nitrogens with two attached hydrogens (primary N) is 1. The van der Waals surface area contributed by atoms with Gasteiger partial charge in [0.25, 0.3) is 5.91 Å². The Labute approximate surface area is 178 Å². The SMILES string of the molecule is CCCOc1cc(-c2ccnc(N)n2)c(F)cc1NC(=O)[C@@H]1COc2ccccc2O1. The minimum absolute atomic E-state index is 0.0278. The Morgan fingerprint density at radius 2 is 2.10 bits per heavy atom. The fourth-order valence-electron chi connectivity index (χ4n) is 3.06. The third-order valence-corrected chi connectivity index (χ3v) is 4.54. The molecule has 0 unspecified atom stereocenters. The molecule has 1 aromatic heterocycles. The zero-order valence-electron chi connectivity index (χ0n) is 16.8. The Hall–Kier alpha value is -3.88. The van der Waals surface area contributed by atoms with E-state index < -0.39 is 17.8 Å². The number of aromatic nitrogens is 2. The summed E-state index contributed by atoms with van der Waals surface area (Å²) in [6.45, 7) is 2.36. The molecule has 0 radical (unpaired) electrons. The molecule has 160 valence electrons. The highest BCUT2D eigenvalue weighted by Gasteiger charge is 2.28. The first-order valence-electron chi connectivity index (χ1n) is 9.79. The number of amides is 1. The monoisotopic (exact) mass is 424 g/mol. The first kappa shape index (κ1) is 20.4. The largest absolute Gasteiger partial charge is 0.491 e. The topological polar surface area (TPSA) is 109 Å². The minimum atomic E-state index is -0.890. The number of ether oxygens (including phenoxy) is 3. The molecule has 0 saturated heterocycles. The summed E-state index contributed by atoms with van der Waals surface area (Å²) in [5, 5.41) is 2.68. The number of rotatable bonds is 6. The maximum atomic E-state index is 14.9. The number of nitrogens with one attached hydrogen (secondary N) is 1. The summed E-state index contributed by atoms with van der Waals surface area (Å²) >= 11 is 0. The third-order valence-electron chi connectivity index (χ3n) is 4.54. The van der Waals surface area contributed by atoms with Crippen LogP contribution in [0.3, 0.4) is 0 Å². The van der Waals surface area contributed by atoms with Crippen molar-refractivity contribution in [3.8, 4) is 28.5 Å². The first-order valence-corrected chi connectivity index (χ1v) is 9.79. The highest BCUT2D eigenvalue weighted by atomic mass is 19.1. The Bertz CT molecular complexity index is 1110. The minimum Gasteiger partial charge on any atom is -0.491 e. The second-order valence-corrected chi connectivity index (χ2v) is 6.83. The van der Waals surface area contributed by atoms with Gasteiger partial charge in [0.1, 0.15) is 18.2 Å². The van der Waals surface area contributed by atoms with Crippen molar-refractivity contribution in [3.05, 3.63) is 54.5 Å². The number of fused-ring (bicyclic) bond motifs is 1. The van der Waals surface area contributed by atoms with Gasteiger partial charge in [0.05, 0.1) is 18.0 Å². The molecule has 1 aliphatic rings. The highest BCUT2D eigenvalue weighted by molar-refractivity contribution is 5.96. The molecule has 2 aromatic carbocycles. The number of hydrogen-bond acceptors (Lipinski definition) is 7. The lowest BCUT2D eigenvalue weighted by molar-refractivity contribution is -0.125. The maximum Gasteiger partial charge on any atom is 0.269 e. The van der Waals surface area contributed by atoms with Crippen LogP contribution in [0.1, 0.15) is 13.3 Å². The van der Waals surface area contributed by atoms with E-state index in [-0.39, 0.29) is 23.8 Å². The van der Waals surface area contributed by atoms with Gasteiger partial charge in [-0.1, -0.05) is 19.1 Å². The summed E-state index contributed by atoms with van der Waals surface area (Å²) in [6.07, 6.45) is 1.28. The standard InChI is InChI=1S/C22H21FN4O4/c1-2-9-29-19-10-13(15-7-8-25-22(24)27-15)14(23)11-16(19)26-21(28)20-12-30-17-5-3-4-6-18(17)31-20/h3-8,10-11,20H,2,9,12H2,1H3,(H,26,28)(H2,24,25,27)/t20-/m0/s1. The molecule has 0 fully saturated rings. The fourth-order valence-corrected chi connectivity index (χ4v) is 3.06. The first-order chi connectivity index (χ1) is 15.0. The van der Waals surface area contributed by atoms with E-state index in [0.29, 0.717) is 29.5 Å². The second kappa shape index (κ2) is 8.86. The number of carbonyl (C=O) groups is 1. The maximum absolute atomic E-state index is 14.9. The highest BCUT2D eigenvalue weighted by Crippen LogP contribution is 2.35. The second-order valence-electron chi connectivity index (χ2n) is 6.83. The van der Waals surface area contributed by atoms with E-state index in [0.717, 1.165) is 6.42 Å². The van der Waals surface area contributed by atoms with E-state index in [1.165, 1.54) is 18.3 Å². The number of carbonyl (C=O) groups excluding carboxylic acids is 1. The molecule has 8 nitrogen and oxygen atoms in total. The van der Waals surface area contributed by atoms with E-state index >= 15 is 0 Å². The van der Waals surface area contributed by atoms with Crippen molar-refractivity contribution in [2.75, 3.05) is 24.3 Å². The van der Waals surface area contributed by atoms with Crippen molar-refractivity contribution >= 4 is 17.5 Å². The van der Waals surface area contributed by atoms with Gasteiger partial charge in [0.2, 0.25) is 12.1 Å². The van der Waals surface area contributed by atoms with Crippen molar-refractivity contribution in [3.63, 3.8) is 0 Å². The number of para-hydroxylation sites is 2. The Morgan fingerprint density at radius 3 is 2.87 bits per heavy atom. The molecular weight excluding hydrogens is 403 g/mol. The van der Waals surface area contributed by atoms with Crippen LogP contribution in [0.2, 0.25) is 0 Å². The van der Waals surface area contributed by atoms with Gasteiger partial charge in [0, 0.05) is 17.8 Å². The van der Waals surface area contributed by atoms with Gasteiger partial charge in [-0.3, -0.25) is 4.79 Å². The summed E-state index contributed by atoms with van der Waals surface area (Å²) in [6, 6.07) is 11.3. The lowest BCUT2D eigenvalue weighted by Gasteiger charge is -2.26. The molecule has 1 atom stereocenters. The molecule has 9 heteroatoms. The van der Waals surface area contributed by atoms with Crippen LogP contribution < -0.4 is 25.3 Å². The van der Waals surface area contributed by atoms with Crippen LogP contribution >= 0.6 is 0 Å². The number of nitrogens with zero attached hydrogens (tertiary/aromatic N) is 2. The molecule has 1 amide bonds. The van der Waals surface area contributed by atoms with Crippen LogP contribution in [-0.2, 0) is 4.79 Å². The third kappa shape index (κ3) is 4.50. The van der Waals surface area contributed by atoms with Crippen molar-refractivity contribution in [2.45, 2.75) is 19.4 Å². The van der Waals surface area contributed by atoms with Crippen molar-refractivity contribution < 1.29 is 23.4 Å². The van der Waals surface area contributed by atoms with E-state index in [1.807, 2.05) is 13.0 Å². The Kier molecular flexibility index (Phi) is 5.83. The Morgan fingerprint density at radius 1 is 1.29 bits per heavy atom. The van der Waals surface area contributed by atoms with E-state index in [2.05, 4.69) is 15.3 Å². The molecular formula is C22H21FN4O4. The van der Waals surface area contributed by atoms with Crippen molar-refractivity contribution in [1.29, 1.82) is 0 Å².